The van der Waals surface area contributed by atoms with Gasteiger partial charge in [-0.05, 0) is 30.5 Å². The number of rotatable bonds is 2. The summed E-state index contributed by atoms with van der Waals surface area (Å²) in [6, 6.07) is 3.02. The molecule has 3 aliphatic rings. The number of hydrogen-bond donors (Lipinski definition) is 0. The lowest BCUT2D eigenvalue weighted by Crippen LogP contribution is -2.50. The van der Waals surface area contributed by atoms with Gasteiger partial charge < -0.3 is 14.5 Å². The molecule has 31 heavy (non-hydrogen) atoms. The van der Waals surface area contributed by atoms with Crippen molar-refractivity contribution in [1.29, 1.82) is 0 Å². The number of halogens is 2. The number of nitrogens with zero attached hydrogens (tertiary/aromatic N) is 6. The lowest BCUT2D eigenvalue weighted by molar-refractivity contribution is -0.140. The Kier molecular flexibility index (Phi) is 4.01. The van der Waals surface area contributed by atoms with Gasteiger partial charge in [-0.1, -0.05) is 0 Å². The molecule has 6 rings (SSSR count). The topological polar surface area (TPSA) is 75.9 Å². The Morgan fingerprint density at radius 3 is 2.77 bits per heavy atom. The molecule has 3 saturated heterocycles. The SMILES string of the molecule is O=C1N2[C@@H](CC[C@H]2c2cncc(F)c2)OC12CCN(c1ccnc3c(F)cnn13)CC2. The number of pyridine rings is 1. The predicted octanol–water partition coefficient (Wildman–Crippen LogP) is 2.46. The van der Waals surface area contributed by atoms with E-state index in [0.29, 0.717) is 31.5 Å². The van der Waals surface area contributed by atoms with Crippen LogP contribution in [0, 0.1) is 11.6 Å². The predicted molar refractivity (Wildman–Crippen MR) is 105 cm³/mol. The van der Waals surface area contributed by atoms with Crippen molar-refractivity contribution in [2.24, 2.45) is 0 Å². The molecular formula is C21H20F2N6O2. The Morgan fingerprint density at radius 1 is 1.13 bits per heavy atom. The zero-order chi connectivity index (χ0) is 21.2. The van der Waals surface area contributed by atoms with E-state index in [0.717, 1.165) is 31.1 Å². The van der Waals surface area contributed by atoms with Crippen molar-refractivity contribution >= 4 is 17.4 Å². The molecule has 160 valence electrons. The minimum Gasteiger partial charge on any atom is -0.356 e. The lowest BCUT2D eigenvalue weighted by atomic mass is 9.89. The summed E-state index contributed by atoms with van der Waals surface area (Å²) in [5.41, 5.74) is 0.00856. The van der Waals surface area contributed by atoms with E-state index in [9.17, 15) is 13.6 Å². The number of aromatic nitrogens is 4. The van der Waals surface area contributed by atoms with Gasteiger partial charge in [0.05, 0.1) is 18.4 Å². The zero-order valence-corrected chi connectivity index (χ0v) is 16.6. The smallest absolute Gasteiger partial charge is 0.257 e. The van der Waals surface area contributed by atoms with E-state index in [2.05, 4.69) is 20.0 Å². The number of anilines is 1. The van der Waals surface area contributed by atoms with Crippen molar-refractivity contribution in [2.45, 2.75) is 43.6 Å². The fourth-order valence-electron chi connectivity index (χ4n) is 5.17. The van der Waals surface area contributed by atoms with Gasteiger partial charge in [0.15, 0.2) is 17.1 Å². The lowest BCUT2D eigenvalue weighted by Gasteiger charge is -2.38. The van der Waals surface area contributed by atoms with Gasteiger partial charge in [0.1, 0.15) is 17.9 Å². The van der Waals surface area contributed by atoms with Crippen molar-refractivity contribution in [1.82, 2.24) is 24.5 Å². The van der Waals surface area contributed by atoms with Crippen LogP contribution in [0.15, 0.2) is 36.9 Å². The van der Waals surface area contributed by atoms with Gasteiger partial charge in [-0.3, -0.25) is 9.78 Å². The highest BCUT2D eigenvalue weighted by Gasteiger charge is 2.58. The van der Waals surface area contributed by atoms with Gasteiger partial charge >= 0.3 is 0 Å². The minimum absolute atomic E-state index is 0.0334. The Hall–Kier alpha value is -3.14. The Bertz CT molecular complexity index is 1180. The third-order valence-corrected chi connectivity index (χ3v) is 6.66. The zero-order valence-electron chi connectivity index (χ0n) is 16.6. The van der Waals surface area contributed by atoms with E-state index in [4.69, 9.17) is 4.74 Å². The maximum atomic E-state index is 13.9. The van der Waals surface area contributed by atoms with Crippen LogP contribution in [-0.2, 0) is 9.53 Å². The maximum Gasteiger partial charge on any atom is 0.257 e. The van der Waals surface area contributed by atoms with E-state index in [1.54, 1.807) is 23.4 Å². The minimum atomic E-state index is -0.873. The molecule has 0 N–H and O–H groups in total. The number of amides is 1. The first-order chi connectivity index (χ1) is 15.1. The maximum absolute atomic E-state index is 13.9. The van der Waals surface area contributed by atoms with Crippen molar-refractivity contribution in [3.63, 3.8) is 0 Å². The fraction of sp³-hybridized carbons (Fsp3) is 0.429. The van der Waals surface area contributed by atoms with Gasteiger partial charge in [0.25, 0.3) is 5.91 Å². The summed E-state index contributed by atoms with van der Waals surface area (Å²) in [5.74, 6) is -0.175. The van der Waals surface area contributed by atoms with Crippen LogP contribution in [0.25, 0.3) is 5.65 Å². The van der Waals surface area contributed by atoms with E-state index < -0.39 is 17.2 Å². The molecule has 0 aliphatic carbocycles. The number of carbonyl (C=O) groups excluding carboxylic acids is 1. The highest BCUT2D eigenvalue weighted by molar-refractivity contribution is 5.88. The molecule has 3 aromatic heterocycles. The van der Waals surface area contributed by atoms with Crippen LogP contribution in [0.5, 0.6) is 0 Å². The molecular weight excluding hydrogens is 406 g/mol. The van der Waals surface area contributed by atoms with Crippen LogP contribution in [0.4, 0.5) is 14.6 Å². The van der Waals surface area contributed by atoms with Crippen LogP contribution < -0.4 is 4.90 Å². The van der Waals surface area contributed by atoms with Crippen molar-refractivity contribution < 1.29 is 18.3 Å². The van der Waals surface area contributed by atoms with Gasteiger partial charge in [0.2, 0.25) is 0 Å². The molecule has 6 heterocycles. The second kappa shape index (κ2) is 6.68. The van der Waals surface area contributed by atoms with E-state index >= 15 is 0 Å². The molecule has 0 saturated carbocycles. The standard InChI is InChI=1S/C21H20F2N6O2/c22-14-9-13(10-24-11-14)16-1-2-18-28(16)20(30)21(31-18)4-7-27(8-5-21)17-3-6-25-19-15(23)12-26-29(17)19/h3,6,9-12,16,18H,1-2,4-5,7-8H2/t16-,18+/m0/s1. The third-order valence-electron chi connectivity index (χ3n) is 6.66. The summed E-state index contributed by atoms with van der Waals surface area (Å²) in [4.78, 5) is 25.3. The summed E-state index contributed by atoms with van der Waals surface area (Å²) < 4.78 is 35.4. The molecule has 1 spiro atoms. The van der Waals surface area contributed by atoms with Crippen LogP contribution in [0.3, 0.4) is 0 Å². The normalized spacial score (nSPS) is 25.0. The monoisotopic (exact) mass is 426 g/mol. The molecule has 0 bridgehead atoms. The number of hydrogen-bond acceptors (Lipinski definition) is 6. The molecule has 0 radical (unpaired) electrons. The number of fused-ring (bicyclic) bond motifs is 2. The van der Waals surface area contributed by atoms with Gasteiger partial charge in [-0.25, -0.2) is 13.8 Å². The molecule has 0 aromatic carbocycles. The summed E-state index contributed by atoms with van der Waals surface area (Å²) in [6.45, 7) is 1.14. The molecule has 10 heteroatoms. The molecule has 2 atom stereocenters. The molecule has 0 unspecified atom stereocenters. The van der Waals surface area contributed by atoms with Gasteiger partial charge in [-0.2, -0.15) is 9.61 Å². The van der Waals surface area contributed by atoms with E-state index in [1.165, 1.54) is 10.6 Å². The summed E-state index contributed by atoms with van der Waals surface area (Å²) >= 11 is 0. The summed E-state index contributed by atoms with van der Waals surface area (Å²) in [6.07, 6.45) is 7.67. The molecule has 1 amide bonds. The van der Waals surface area contributed by atoms with Crippen LogP contribution >= 0.6 is 0 Å². The highest BCUT2D eigenvalue weighted by atomic mass is 19.1. The number of piperidine rings is 1. The first-order valence-electron chi connectivity index (χ1n) is 10.4. The molecule has 3 fully saturated rings. The van der Waals surface area contributed by atoms with Crippen molar-refractivity contribution in [2.75, 3.05) is 18.0 Å². The van der Waals surface area contributed by atoms with E-state index in [-0.39, 0.29) is 23.8 Å². The average Bonchev–Trinajstić information content (AvgIpc) is 3.44. The fourth-order valence-corrected chi connectivity index (χ4v) is 5.17. The van der Waals surface area contributed by atoms with Gasteiger partial charge in [-0.15, -0.1) is 0 Å². The quantitative estimate of drug-likeness (QED) is 0.627. The Balaban J connectivity index is 1.23. The second-order valence-corrected chi connectivity index (χ2v) is 8.33. The first-order valence-corrected chi connectivity index (χ1v) is 10.4. The second-order valence-electron chi connectivity index (χ2n) is 8.33. The Labute approximate surface area is 176 Å². The average molecular weight is 426 g/mol. The van der Waals surface area contributed by atoms with Crippen molar-refractivity contribution in [3.8, 4) is 0 Å². The summed E-state index contributed by atoms with van der Waals surface area (Å²) in [5, 5.41) is 4.09. The van der Waals surface area contributed by atoms with E-state index in [1.807, 2.05) is 0 Å². The highest BCUT2D eigenvalue weighted by Crippen LogP contribution is 2.47. The first kappa shape index (κ1) is 18.6. The molecule has 8 nitrogen and oxygen atoms in total. The van der Waals surface area contributed by atoms with Crippen molar-refractivity contribution in [3.05, 3.63) is 54.1 Å². The third kappa shape index (κ3) is 2.74. The Morgan fingerprint density at radius 2 is 1.97 bits per heavy atom. The number of carbonyl (C=O) groups is 1. The van der Waals surface area contributed by atoms with Crippen LogP contribution in [-0.4, -0.2) is 55.3 Å². The van der Waals surface area contributed by atoms with Crippen LogP contribution in [0.2, 0.25) is 0 Å². The summed E-state index contributed by atoms with van der Waals surface area (Å²) in [7, 11) is 0. The molecule has 3 aliphatic heterocycles. The largest absolute Gasteiger partial charge is 0.356 e. The number of ether oxygens (including phenoxy) is 1. The molecule has 3 aromatic rings. The van der Waals surface area contributed by atoms with Gasteiger partial charge in [0, 0.05) is 38.3 Å². The van der Waals surface area contributed by atoms with Crippen LogP contribution in [0.1, 0.15) is 37.3 Å².